The summed E-state index contributed by atoms with van der Waals surface area (Å²) >= 11 is 0. The van der Waals surface area contributed by atoms with Crippen LogP contribution in [0.4, 0.5) is 21.5 Å². The summed E-state index contributed by atoms with van der Waals surface area (Å²) in [4.78, 5) is 12.1. The summed E-state index contributed by atoms with van der Waals surface area (Å²) in [6.45, 7) is 0. The number of para-hydroxylation sites is 1. The SMILES string of the molecule is N#Cc1ccccc1Nc1ccc(NC(=O)c2cccc(F)c2)cc1. The predicted octanol–water partition coefficient (Wildman–Crippen LogP) is 4.69. The lowest BCUT2D eigenvalue weighted by atomic mass is 10.2. The number of benzene rings is 3. The van der Waals surface area contributed by atoms with E-state index in [1.165, 1.54) is 18.2 Å². The van der Waals surface area contributed by atoms with E-state index in [1.807, 2.05) is 12.1 Å². The average molecular weight is 331 g/mol. The lowest BCUT2D eigenvalue weighted by molar-refractivity contribution is 0.102. The minimum Gasteiger partial charge on any atom is -0.354 e. The molecule has 0 heterocycles. The van der Waals surface area contributed by atoms with Crippen LogP contribution < -0.4 is 10.6 Å². The van der Waals surface area contributed by atoms with Crippen molar-refractivity contribution in [1.82, 2.24) is 0 Å². The molecule has 0 atom stereocenters. The number of carbonyl (C=O) groups is 1. The van der Waals surface area contributed by atoms with Gasteiger partial charge >= 0.3 is 0 Å². The standard InChI is InChI=1S/C20H14FN3O/c21-16-6-3-5-14(12-16)20(25)24-18-10-8-17(9-11-18)23-19-7-2-1-4-15(19)13-22/h1-12,23H,(H,24,25). The number of nitrogens with one attached hydrogen (secondary N) is 2. The van der Waals surface area contributed by atoms with E-state index in [-0.39, 0.29) is 11.5 Å². The van der Waals surface area contributed by atoms with Gasteiger partial charge in [-0.15, -0.1) is 0 Å². The zero-order valence-electron chi connectivity index (χ0n) is 13.2. The first-order chi connectivity index (χ1) is 12.2. The lowest BCUT2D eigenvalue weighted by Crippen LogP contribution is -2.11. The van der Waals surface area contributed by atoms with Crippen LogP contribution in [0.2, 0.25) is 0 Å². The molecule has 25 heavy (non-hydrogen) atoms. The van der Waals surface area contributed by atoms with E-state index < -0.39 is 5.82 Å². The molecule has 3 rings (SSSR count). The Morgan fingerprint density at radius 1 is 0.920 bits per heavy atom. The number of carbonyl (C=O) groups excluding carboxylic acids is 1. The van der Waals surface area contributed by atoms with Crippen LogP contribution in [0.1, 0.15) is 15.9 Å². The number of nitriles is 1. The molecule has 0 spiro atoms. The van der Waals surface area contributed by atoms with Gasteiger partial charge < -0.3 is 10.6 Å². The van der Waals surface area contributed by atoms with Gasteiger partial charge in [0.25, 0.3) is 5.91 Å². The Labute approximate surface area is 144 Å². The summed E-state index contributed by atoms with van der Waals surface area (Å²) < 4.78 is 13.2. The van der Waals surface area contributed by atoms with Gasteiger partial charge in [-0.3, -0.25) is 4.79 Å². The molecule has 0 aromatic heterocycles. The Balaban J connectivity index is 1.70. The van der Waals surface area contributed by atoms with Gasteiger partial charge in [0, 0.05) is 16.9 Å². The Kier molecular flexibility index (Phi) is 4.72. The van der Waals surface area contributed by atoms with E-state index >= 15 is 0 Å². The maximum atomic E-state index is 13.2. The largest absolute Gasteiger partial charge is 0.354 e. The average Bonchev–Trinajstić information content (AvgIpc) is 2.64. The summed E-state index contributed by atoms with van der Waals surface area (Å²) in [6.07, 6.45) is 0. The highest BCUT2D eigenvalue weighted by Gasteiger charge is 2.07. The molecule has 0 aliphatic rings. The Morgan fingerprint density at radius 2 is 1.64 bits per heavy atom. The molecule has 3 aromatic carbocycles. The number of nitrogens with zero attached hydrogens (tertiary/aromatic N) is 1. The molecular weight excluding hydrogens is 317 g/mol. The number of hydrogen-bond acceptors (Lipinski definition) is 3. The predicted molar refractivity (Wildman–Crippen MR) is 95.2 cm³/mol. The summed E-state index contributed by atoms with van der Waals surface area (Å²) in [5, 5.41) is 15.0. The lowest BCUT2D eigenvalue weighted by Gasteiger charge is -2.10. The first kappa shape index (κ1) is 16.2. The highest BCUT2D eigenvalue weighted by atomic mass is 19.1. The van der Waals surface area contributed by atoms with Crippen molar-refractivity contribution < 1.29 is 9.18 Å². The normalized spacial score (nSPS) is 9.92. The smallest absolute Gasteiger partial charge is 0.255 e. The van der Waals surface area contributed by atoms with Gasteiger partial charge in [-0.25, -0.2) is 4.39 Å². The molecule has 4 nitrogen and oxygen atoms in total. The van der Waals surface area contributed by atoms with Gasteiger partial charge in [-0.1, -0.05) is 18.2 Å². The fourth-order valence-corrected chi connectivity index (χ4v) is 2.31. The summed E-state index contributed by atoms with van der Waals surface area (Å²) in [5.41, 5.74) is 2.89. The van der Waals surface area contributed by atoms with Gasteiger partial charge in [0.05, 0.1) is 11.3 Å². The van der Waals surface area contributed by atoms with Gasteiger partial charge in [-0.05, 0) is 54.6 Å². The molecule has 0 bridgehead atoms. The van der Waals surface area contributed by atoms with Crippen LogP contribution in [0.3, 0.4) is 0 Å². The van der Waals surface area contributed by atoms with E-state index in [4.69, 9.17) is 5.26 Å². The molecular formula is C20H14FN3O. The number of amides is 1. The van der Waals surface area contributed by atoms with E-state index in [9.17, 15) is 9.18 Å². The summed E-state index contributed by atoms with van der Waals surface area (Å²) in [7, 11) is 0. The number of rotatable bonds is 4. The van der Waals surface area contributed by atoms with Crippen molar-refractivity contribution in [3.8, 4) is 6.07 Å². The number of anilines is 3. The van der Waals surface area contributed by atoms with Crippen molar-refractivity contribution >= 4 is 23.0 Å². The Bertz CT molecular complexity index is 946. The van der Waals surface area contributed by atoms with Crippen molar-refractivity contribution in [2.24, 2.45) is 0 Å². The van der Waals surface area contributed by atoms with Crippen molar-refractivity contribution in [1.29, 1.82) is 5.26 Å². The Morgan fingerprint density at radius 3 is 2.36 bits per heavy atom. The van der Waals surface area contributed by atoms with Crippen LogP contribution in [0, 0.1) is 17.1 Å². The zero-order valence-corrected chi connectivity index (χ0v) is 13.2. The van der Waals surface area contributed by atoms with E-state index in [2.05, 4.69) is 16.7 Å². The first-order valence-electron chi connectivity index (χ1n) is 7.59. The summed E-state index contributed by atoms with van der Waals surface area (Å²) in [6, 6.07) is 21.9. The van der Waals surface area contributed by atoms with E-state index in [0.29, 0.717) is 16.9 Å². The van der Waals surface area contributed by atoms with Crippen molar-refractivity contribution in [2.75, 3.05) is 10.6 Å². The second-order valence-electron chi connectivity index (χ2n) is 5.32. The molecule has 0 fully saturated rings. The maximum Gasteiger partial charge on any atom is 0.255 e. The van der Waals surface area contributed by atoms with Crippen LogP contribution in [-0.2, 0) is 0 Å². The molecule has 2 N–H and O–H groups in total. The molecule has 0 saturated carbocycles. The van der Waals surface area contributed by atoms with Crippen LogP contribution in [0.15, 0.2) is 72.8 Å². The maximum absolute atomic E-state index is 13.2. The molecule has 0 unspecified atom stereocenters. The number of hydrogen-bond donors (Lipinski definition) is 2. The van der Waals surface area contributed by atoms with Crippen LogP contribution in [-0.4, -0.2) is 5.91 Å². The van der Waals surface area contributed by atoms with Gasteiger partial charge in [0.1, 0.15) is 11.9 Å². The minimum absolute atomic E-state index is 0.255. The number of halogens is 1. The van der Waals surface area contributed by atoms with Crippen LogP contribution in [0.5, 0.6) is 0 Å². The molecule has 3 aromatic rings. The van der Waals surface area contributed by atoms with E-state index in [1.54, 1.807) is 42.5 Å². The van der Waals surface area contributed by atoms with Gasteiger partial charge in [-0.2, -0.15) is 5.26 Å². The summed E-state index contributed by atoms with van der Waals surface area (Å²) in [5.74, 6) is -0.835. The van der Waals surface area contributed by atoms with Crippen LogP contribution >= 0.6 is 0 Å². The monoisotopic (exact) mass is 331 g/mol. The quantitative estimate of drug-likeness (QED) is 0.729. The third kappa shape index (κ3) is 4.01. The van der Waals surface area contributed by atoms with Crippen molar-refractivity contribution in [3.05, 3.63) is 89.7 Å². The molecule has 0 saturated heterocycles. The second-order valence-corrected chi connectivity index (χ2v) is 5.32. The third-order valence-corrected chi connectivity index (χ3v) is 3.56. The Hall–Kier alpha value is -3.65. The molecule has 5 heteroatoms. The van der Waals surface area contributed by atoms with Gasteiger partial charge in [0.15, 0.2) is 0 Å². The molecule has 0 aliphatic heterocycles. The zero-order chi connectivity index (χ0) is 17.6. The topological polar surface area (TPSA) is 64.9 Å². The molecule has 122 valence electrons. The van der Waals surface area contributed by atoms with Crippen LogP contribution in [0.25, 0.3) is 0 Å². The second kappa shape index (κ2) is 7.28. The molecule has 0 radical (unpaired) electrons. The highest BCUT2D eigenvalue weighted by molar-refractivity contribution is 6.04. The van der Waals surface area contributed by atoms with Crippen molar-refractivity contribution in [2.45, 2.75) is 0 Å². The van der Waals surface area contributed by atoms with Crippen molar-refractivity contribution in [3.63, 3.8) is 0 Å². The molecule has 0 aliphatic carbocycles. The molecule has 1 amide bonds. The fraction of sp³-hybridized carbons (Fsp3) is 0. The fourth-order valence-electron chi connectivity index (χ4n) is 2.31. The third-order valence-electron chi connectivity index (χ3n) is 3.56. The van der Waals surface area contributed by atoms with E-state index in [0.717, 1.165) is 5.69 Å². The first-order valence-corrected chi connectivity index (χ1v) is 7.59. The van der Waals surface area contributed by atoms with Gasteiger partial charge in [0.2, 0.25) is 0 Å². The highest BCUT2D eigenvalue weighted by Crippen LogP contribution is 2.22. The minimum atomic E-state index is -0.455.